The summed E-state index contributed by atoms with van der Waals surface area (Å²) in [5, 5.41) is 0. The van der Waals surface area contributed by atoms with Gasteiger partial charge in [-0.25, -0.2) is 8.42 Å². The fourth-order valence-electron chi connectivity index (χ4n) is 5.49. The highest BCUT2D eigenvalue weighted by atomic mass is 32.2. The van der Waals surface area contributed by atoms with Crippen molar-refractivity contribution in [2.45, 2.75) is 56.9 Å². The number of methoxy groups -OCH3 is 1. The Bertz CT molecular complexity index is 1390. The van der Waals surface area contributed by atoms with Crippen LogP contribution in [0.3, 0.4) is 0 Å². The SMILES string of the molecule is COC(=O)C1C=C2[C@H](c3ccccc3)C(CCC(C)=O)=CN(S(=O)(=O)c3ccc(C)cc3)[C@H]2[C@@H](C(C)=O)C1. The number of carbonyl (C=O) groups excluding carboxylic acids is 3. The van der Waals surface area contributed by atoms with Crippen molar-refractivity contribution in [3.8, 4) is 0 Å². The van der Waals surface area contributed by atoms with E-state index in [1.54, 1.807) is 36.5 Å². The number of ketones is 2. The third-order valence-corrected chi connectivity index (χ3v) is 9.17. The van der Waals surface area contributed by atoms with Gasteiger partial charge in [0.2, 0.25) is 0 Å². The van der Waals surface area contributed by atoms with Gasteiger partial charge in [0, 0.05) is 24.5 Å². The molecule has 1 aliphatic carbocycles. The van der Waals surface area contributed by atoms with Crippen molar-refractivity contribution >= 4 is 27.6 Å². The normalized spacial score (nSPS) is 23.1. The van der Waals surface area contributed by atoms with Crippen LogP contribution in [0, 0.1) is 18.8 Å². The quantitative estimate of drug-likeness (QED) is 0.358. The van der Waals surface area contributed by atoms with Crippen LogP contribution in [0.2, 0.25) is 0 Å². The van der Waals surface area contributed by atoms with Gasteiger partial charge >= 0.3 is 5.97 Å². The Morgan fingerprint density at radius 1 is 1.00 bits per heavy atom. The Morgan fingerprint density at radius 2 is 1.66 bits per heavy atom. The molecule has 4 atom stereocenters. The second kappa shape index (κ2) is 11.1. The molecular weight excluding hydrogens is 502 g/mol. The number of sulfonamides is 1. The van der Waals surface area contributed by atoms with Crippen molar-refractivity contribution in [3.63, 3.8) is 0 Å². The molecule has 0 amide bonds. The minimum Gasteiger partial charge on any atom is -0.469 e. The molecule has 4 rings (SSSR count). The number of esters is 1. The van der Waals surface area contributed by atoms with Crippen LogP contribution >= 0.6 is 0 Å². The van der Waals surface area contributed by atoms with Gasteiger partial charge < -0.3 is 9.53 Å². The lowest BCUT2D eigenvalue weighted by molar-refractivity contribution is -0.144. The molecule has 1 aliphatic heterocycles. The third-order valence-electron chi connectivity index (χ3n) is 7.42. The zero-order valence-electron chi connectivity index (χ0n) is 22.1. The molecule has 8 heteroatoms. The number of Topliss-reactive ketones (excluding diaryl/α,β-unsaturated/α-hetero) is 2. The number of hydrogen-bond acceptors (Lipinski definition) is 6. The van der Waals surface area contributed by atoms with Gasteiger partial charge in [0.25, 0.3) is 10.0 Å². The summed E-state index contributed by atoms with van der Waals surface area (Å²) in [6, 6.07) is 15.3. The minimum atomic E-state index is -4.07. The van der Waals surface area contributed by atoms with Crippen LogP contribution in [0.1, 0.15) is 50.2 Å². The molecule has 0 N–H and O–H groups in total. The number of ether oxygens (including phenoxy) is 1. The van der Waals surface area contributed by atoms with Crippen LogP contribution in [0.5, 0.6) is 0 Å². The van der Waals surface area contributed by atoms with Crippen LogP contribution < -0.4 is 0 Å². The summed E-state index contributed by atoms with van der Waals surface area (Å²) in [6.07, 6.45) is 4.13. The zero-order chi connectivity index (χ0) is 27.6. The molecule has 0 saturated carbocycles. The van der Waals surface area contributed by atoms with Gasteiger partial charge in [-0.15, -0.1) is 0 Å². The van der Waals surface area contributed by atoms with E-state index in [9.17, 15) is 22.8 Å². The van der Waals surface area contributed by atoms with Crippen LogP contribution in [-0.2, 0) is 29.1 Å². The Hall–Kier alpha value is -3.52. The Kier molecular flexibility index (Phi) is 8.02. The van der Waals surface area contributed by atoms with Crippen LogP contribution in [0.25, 0.3) is 0 Å². The number of benzene rings is 2. The highest BCUT2D eigenvalue weighted by molar-refractivity contribution is 7.89. The lowest BCUT2D eigenvalue weighted by Crippen LogP contribution is -2.51. The average Bonchev–Trinajstić information content (AvgIpc) is 2.90. The molecule has 0 aromatic heterocycles. The van der Waals surface area contributed by atoms with Gasteiger partial charge in [0.15, 0.2) is 0 Å². The molecule has 0 saturated heterocycles. The molecular formula is C30H33NO6S. The Labute approximate surface area is 224 Å². The molecule has 0 spiro atoms. The molecule has 0 radical (unpaired) electrons. The van der Waals surface area contributed by atoms with Crippen LogP contribution in [0.4, 0.5) is 0 Å². The predicted octanol–water partition coefficient (Wildman–Crippen LogP) is 4.73. The van der Waals surface area contributed by atoms with E-state index >= 15 is 0 Å². The van der Waals surface area contributed by atoms with Crippen molar-refractivity contribution in [2.24, 2.45) is 11.8 Å². The van der Waals surface area contributed by atoms with Crippen molar-refractivity contribution in [3.05, 3.63) is 89.1 Å². The molecule has 0 fully saturated rings. The predicted molar refractivity (Wildman–Crippen MR) is 144 cm³/mol. The van der Waals surface area contributed by atoms with E-state index in [-0.39, 0.29) is 35.2 Å². The topological polar surface area (TPSA) is 97.8 Å². The standard InChI is InChI=1S/C30H33NO6S/c1-19-10-14-25(15-11-19)38(35,36)31-18-23(13-12-20(2)32)28(22-8-6-5-7-9-22)27-17-24(30(34)37-4)16-26(21(3)33)29(27)31/h5-11,14-15,17-18,24,26,28-29H,12-13,16H2,1-4H3/t24?,26-,28-,29+/m1/s1. The summed E-state index contributed by atoms with van der Waals surface area (Å²) in [6.45, 7) is 4.82. The lowest BCUT2D eigenvalue weighted by atomic mass is 9.68. The summed E-state index contributed by atoms with van der Waals surface area (Å²) in [5.74, 6) is -2.52. The molecule has 200 valence electrons. The number of carbonyl (C=O) groups is 3. The van der Waals surface area contributed by atoms with Gasteiger partial charge in [0.05, 0.1) is 24.0 Å². The number of rotatable bonds is 8. The average molecular weight is 536 g/mol. The first kappa shape index (κ1) is 27.5. The van der Waals surface area contributed by atoms with Gasteiger partial charge in [-0.05, 0) is 62.5 Å². The smallest absolute Gasteiger partial charge is 0.312 e. The second-order valence-electron chi connectivity index (χ2n) is 10.1. The summed E-state index contributed by atoms with van der Waals surface area (Å²) in [5.41, 5.74) is 3.22. The Balaban J connectivity index is 1.99. The van der Waals surface area contributed by atoms with E-state index in [1.165, 1.54) is 25.3 Å². The van der Waals surface area contributed by atoms with Crippen molar-refractivity contribution in [1.82, 2.24) is 4.31 Å². The summed E-state index contributed by atoms with van der Waals surface area (Å²) in [7, 11) is -2.77. The van der Waals surface area contributed by atoms with E-state index in [1.807, 2.05) is 37.3 Å². The van der Waals surface area contributed by atoms with E-state index < -0.39 is 33.9 Å². The van der Waals surface area contributed by atoms with Gasteiger partial charge in [-0.2, -0.15) is 0 Å². The molecule has 1 unspecified atom stereocenters. The first-order valence-electron chi connectivity index (χ1n) is 12.7. The lowest BCUT2D eigenvalue weighted by Gasteiger charge is -2.47. The van der Waals surface area contributed by atoms with E-state index in [4.69, 9.17) is 4.74 Å². The summed E-state index contributed by atoms with van der Waals surface area (Å²) < 4.78 is 34.5. The van der Waals surface area contributed by atoms with Crippen molar-refractivity contribution in [1.29, 1.82) is 0 Å². The summed E-state index contributed by atoms with van der Waals surface area (Å²) >= 11 is 0. The monoisotopic (exact) mass is 535 g/mol. The van der Waals surface area contributed by atoms with Crippen LogP contribution in [0.15, 0.2) is 82.9 Å². The van der Waals surface area contributed by atoms with E-state index in [2.05, 4.69) is 0 Å². The van der Waals surface area contributed by atoms with E-state index in [0.29, 0.717) is 12.0 Å². The number of aryl methyl sites for hydroxylation is 1. The van der Waals surface area contributed by atoms with Crippen LogP contribution in [-0.4, -0.2) is 43.4 Å². The highest BCUT2D eigenvalue weighted by Crippen LogP contribution is 2.49. The fourth-order valence-corrected chi connectivity index (χ4v) is 7.06. The maximum atomic E-state index is 14.1. The van der Waals surface area contributed by atoms with Gasteiger partial charge in [0.1, 0.15) is 11.6 Å². The maximum absolute atomic E-state index is 14.1. The molecule has 38 heavy (non-hydrogen) atoms. The largest absolute Gasteiger partial charge is 0.469 e. The molecule has 1 heterocycles. The number of allylic oxidation sites excluding steroid dienone is 1. The van der Waals surface area contributed by atoms with Gasteiger partial charge in [-0.1, -0.05) is 54.1 Å². The zero-order valence-corrected chi connectivity index (χ0v) is 22.9. The third kappa shape index (κ3) is 5.36. The highest BCUT2D eigenvalue weighted by Gasteiger charge is 2.49. The molecule has 2 aromatic carbocycles. The molecule has 2 aromatic rings. The first-order valence-corrected chi connectivity index (χ1v) is 14.1. The minimum absolute atomic E-state index is 0.0144. The molecule has 7 nitrogen and oxygen atoms in total. The van der Waals surface area contributed by atoms with Crippen molar-refractivity contribution in [2.75, 3.05) is 7.11 Å². The first-order chi connectivity index (χ1) is 18.0. The fraction of sp³-hybridized carbons (Fsp3) is 0.367. The van der Waals surface area contributed by atoms with E-state index in [0.717, 1.165) is 16.7 Å². The number of hydrogen-bond donors (Lipinski definition) is 0. The molecule has 2 aliphatic rings. The Morgan fingerprint density at radius 3 is 2.24 bits per heavy atom. The number of nitrogens with zero attached hydrogens (tertiary/aromatic N) is 1. The van der Waals surface area contributed by atoms with Gasteiger partial charge in [-0.3, -0.25) is 13.9 Å². The summed E-state index contributed by atoms with van der Waals surface area (Å²) in [4.78, 5) is 37.8. The number of fused-ring (bicyclic) bond motifs is 1. The second-order valence-corrected chi connectivity index (χ2v) is 11.9. The maximum Gasteiger partial charge on any atom is 0.312 e. The van der Waals surface area contributed by atoms with Crippen molar-refractivity contribution < 1.29 is 27.5 Å². The molecule has 0 bridgehead atoms.